The summed E-state index contributed by atoms with van der Waals surface area (Å²) in [6.45, 7) is 8.31. The Morgan fingerprint density at radius 2 is 1.78 bits per heavy atom. The summed E-state index contributed by atoms with van der Waals surface area (Å²) in [6.07, 6.45) is 1.16. The van der Waals surface area contributed by atoms with Crippen LogP contribution in [0.1, 0.15) is 20.3 Å². The minimum absolute atomic E-state index is 0.568. The molecule has 0 atom stereocenters. The molecule has 0 amide bonds. The van der Waals surface area contributed by atoms with E-state index in [4.69, 9.17) is 28.9 Å². The normalized spacial score (nSPS) is 10.9. The number of hydrogen-bond donors (Lipinski definition) is 2. The summed E-state index contributed by atoms with van der Waals surface area (Å²) in [5.74, 6) is 0. The molecule has 1 aromatic carbocycles. The number of nitrogens with two attached hydrogens (primary N) is 1. The van der Waals surface area contributed by atoms with Gasteiger partial charge < -0.3 is 16.0 Å². The lowest BCUT2D eigenvalue weighted by atomic mass is 10.2. The Labute approximate surface area is 119 Å². The molecule has 0 bridgehead atoms. The molecule has 0 spiro atoms. The van der Waals surface area contributed by atoms with Crippen molar-refractivity contribution in [3.8, 4) is 0 Å². The van der Waals surface area contributed by atoms with Crippen molar-refractivity contribution in [3.05, 3.63) is 22.2 Å². The zero-order valence-corrected chi connectivity index (χ0v) is 12.5. The van der Waals surface area contributed by atoms with Crippen LogP contribution in [-0.2, 0) is 0 Å². The van der Waals surface area contributed by atoms with Gasteiger partial charge in [0.2, 0.25) is 0 Å². The third kappa shape index (κ3) is 4.56. The molecule has 3 nitrogen and oxygen atoms in total. The predicted octanol–water partition coefficient (Wildman–Crippen LogP) is 3.72. The van der Waals surface area contributed by atoms with Crippen LogP contribution >= 0.6 is 23.2 Å². The number of rotatable bonds is 7. The highest BCUT2D eigenvalue weighted by Crippen LogP contribution is 2.32. The van der Waals surface area contributed by atoms with Crippen molar-refractivity contribution in [2.24, 2.45) is 0 Å². The van der Waals surface area contributed by atoms with E-state index >= 15 is 0 Å². The minimum atomic E-state index is 0.568. The Hall–Kier alpha value is -0.640. The summed E-state index contributed by atoms with van der Waals surface area (Å²) >= 11 is 12.2. The largest absolute Gasteiger partial charge is 0.399 e. The van der Waals surface area contributed by atoms with Crippen molar-refractivity contribution >= 4 is 34.6 Å². The Kier molecular flexibility index (Phi) is 6.61. The van der Waals surface area contributed by atoms with Crippen LogP contribution < -0.4 is 11.1 Å². The average Bonchev–Trinajstić information content (AvgIpc) is 2.31. The van der Waals surface area contributed by atoms with Crippen molar-refractivity contribution < 1.29 is 0 Å². The van der Waals surface area contributed by atoms with E-state index in [0.717, 1.165) is 38.3 Å². The zero-order valence-electron chi connectivity index (χ0n) is 11.0. The second-order valence-electron chi connectivity index (χ2n) is 4.22. The van der Waals surface area contributed by atoms with E-state index in [2.05, 4.69) is 24.1 Å². The molecule has 0 saturated heterocycles. The first-order chi connectivity index (χ1) is 8.58. The van der Waals surface area contributed by atoms with Gasteiger partial charge in [0.25, 0.3) is 0 Å². The molecule has 0 fully saturated rings. The SMILES string of the molecule is CCCN(CC)CCNc1c(Cl)cc(N)cc1Cl. The Bertz CT molecular complexity index is 359. The van der Waals surface area contributed by atoms with Crippen molar-refractivity contribution in [1.82, 2.24) is 4.90 Å². The molecule has 18 heavy (non-hydrogen) atoms. The lowest BCUT2D eigenvalue weighted by Crippen LogP contribution is -2.29. The smallest absolute Gasteiger partial charge is 0.0720 e. The fourth-order valence-electron chi connectivity index (χ4n) is 1.84. The molecule has 0 radical (unpaired) electrons. The summed E-state index contributed by atoms with van der Waals surface area (Å²) < 4.78 is 0. The average molecular weight is 290 g/mol. The second-order valence-corrected chi connectivity index (χ2v) is 5.03. The van der Waals surface area contributed by atoms with Crippen LogP contribution in [0.25, 0.3) is 0 Å². The number of hydrogen-bond acceptors (Lipinski definition) is 3. The first-order valence-corrected chi connectivity index (χ1v) is 7.04. The van der Waals surface area contributed by atoms with Gasteiger partial charge in [-0.05, 0) is 31.6 Å². The number of nitrogen functional groups attached to an aromatic ring is 1. The molecule has 5 heteroatoms. The van der Waals surface area contributed by atoms with Gasteiger partial charge in [0.15, 0.2) is 0 Å². The van der Waals surface area contributed by atoms with Gasteiger partial charge in [-0.15, -0.1) is 0 Å². The van der Waals surface area contributed by atoms with Gasteiger partial charge in [-0.25, -0.2) is 0 Å². The van der Waals surface area contributed by atoms with Gasteiger partial charge in [-0.3, -0.25) is 0 Å². The predicted molar refractivity (Wildman–Crippen MR) is 81.8 cm³/mol. The first kappa shape index (κ1) is 15.4. The van der Waals surface area contributed by atoms with Crippen LogP contribution in [0.3, 0.4) is 0 Å². The zero-order chi connectivity index (χ0) is 13.5. The van der Waals surface area contributed by atoms with Gasteiger partial charge in [-0.2, -0.15) is 0 Å². The van der Waals surface area contributed by atoms with Crippen LogP contribution in [0.2, 0.25) is 10.0 Å². The van der Waals surface area contributed by atoms with Crippen molar-refractivity contribution in [1.29, 1.82) is 0 Å². The van der Waals surface area contributed by atoms with Crippen LogP contribution in [-0.4, -0.2) is 31.1 Å². The molecular weight excluding hydrogens is 269 g/mol. The monoisotopic (exact) mass is 289 g/mol. The molecule has 0 heterocycles. The molecule has 102 valence electrons. The number of nitrogens with zero attached hydrogens (tertiary/aromatic N) is 1. The highest BCUT2D eigenvalue weighted by molar-refractivity contribution is 6.39. The number of nitrogens with one attached hydrogen (secondary N) is 1. The fraction of sp³-hybridized carbons (Fsp3) is 0.538. The second kappa shape index (κ2) is 7.72. The Morgan fingerprint density at radius 1 is 1.17 bits per heavy atom. The van der Waals surface area contributed by atoms with Crippen LogP contribution in [0, 0.1) is 0 Å². The highest BCUT2D eigenvalue weighted by atomic mass is 35.5. The van der Waals surface area contributed by atoms with Gasteiger partial charge in [0.05, 0.1) is 15.7 Å². The number of anilines is 2. The van der Waals surface area contributed by atoms with E-state index in [0.29, 0.717) is 15.7 Å². The molecule has 0 saturated carbocycles. The molecule has 3 N–H and O–H groups in total. The molecule has 0 aliphatic rings. The summed E-state index contributed by atoms with van der Waals surface area (Å²) in [5.41, 5.74) is 7.01. The number of likely N-dealkylation sites (N-methyl/N-ethyl adjacent to an activating group) is 1. The maximum Gasteiger partial charge on any atom is 0.0720 e. The van der Waals surface area contributed by atoms with E-state index < -0.39 is 0 Å². The molecule has 0 aromatic heterocycles. The van der Waals surface area contributed by atoms with Crippen LogP contribution in [0.5, 0.6) is 0 Å². The maximum atomic E-state index is 6.10. The summed E-state index contributed by atoms with van der Waals surface area (Å²) in [6, 6.07) is 3.42. The molecule has 1 rings (SSSR count). The molecule has 0 aliphatic carbocycles. The Morgan fingerprint density at radius 3 is 2.28 bits per heavy atom. The lowest BCUT2D eigenvalue weighted by Gasteiger charge is -2.20. The molecule has 1 aromatic rings. The topological polar surface area (TPSA) is 41.3 Å². The van der Waals surface area contributed by atoms with E-state index in [1.165, 1.54) is 0 Å². The van der Waals surface area contributed by atoms with Gasteiger partial charge in [-0.1, -0.05) is 37.0 Å². The number of benzene rings is 1. The third-order valence-electron chi connectivity index (χ3n) is 2.78. The van der Waals surface area contributed by atoms with Gasteiger partial charge >= 0.3 is 0 Å². The standard InChI is InChI=1S/C13H21Cl2N3/c1-3-6-18(4-2)7-5-17-13-11(14)8-10(16)9-12(13)15/h8-9,17H,3-7,16H2,1-2H3. The Balaban J connectivity index is 2.53. The van der Waals surface area contributed by atoms with Crippen molar-refractivity contribution in [2.45, 2.75) is 20.3 Å². The highest BCUT2D eigenvalue weighted by Gasteiger charge is 2.07. The lowest BCUT2D eigenvalue weighted by molar-refractivity contribution is 0.300. The quantitative estimate of drug-likeness (QED) is 0.752. The summed E-state index contributed by atoms with van der Waals surface area (Å²) in [7, 11) is 0. The molecular formula is C13H21Cl2N3. The molecule has 0 unspecified atom stereocenters. The van der Waals surface area contributed by atoms with Gasteiger partial charge in [0.1, 0.15) is 0 Å². The third-order valence-corrected chi connectivity index (χ3v) is 3.38. The van der Waals surface area contributed by atoms with Gasteiger partial charge in [0, 0.05) is 18.8 Å². The number of halogens is 2. The van der Waals surface area contributed by atoms with Crippen molar-refractivity contribution in [3.63, 3.8) is 0 Å². The van der Waals surface area contributed by atoms with Crippen LogP contribution in [0.15, 0.2) is 12.1 Å². The van der Waals surface area contributed by atoms with Crippen molar-refractivity contribution in [2.75, 3.05) is 37.2 Å². The maximum absolute atomic E-state index is 6.10. The fourth-order valence-corrected chi connectivity index (χ4v) is 2.48. The van der Waals surface area contributed by atoms with E-state index in [-0.39, 0.29) is 0 Å². The summed E-state index contributed by atoms with van der Waals surface area (Å²) in [5, 5.41) is 4.41. The first-order valence-electron chi connectivity index (χ1n) is 6.29. The van der Waals surface area contributed by atoms with E-state index in [1.54, 1.807) is 12.1 Å². The van der Waals surface area contributed by atoms with Crippen LogP contribution in [0.4, 0.5) is 11.4 Å². The summed E-state index contributed by atoms with van der Waals surface area (Å²) in [4.78, 5) is 2.38. The van der Waals surface area contributed by atoms with E-state index in [9.17, 15) is 0 Å². The minimum Gasteiger partial charge on any atom is -0.399 e. The molecule has 0 aliphatic heterocycles. The van der Waals surface area contributed by atoms with E-state index in [1.807, 2.05) is 0 Å².